The fraction of sp³-hybridized carbons (Fsp3) is 0.471. The highest BCUT2D eigenvalue weighted by Gasteiger charge is 2.43. The van der Waals surface area contributed by atoms with Crippen LogP contribution >= 0.6 is 0 Å². The van der Waals surface area contributed by atoms with Crippen molar-refractivity contribution < 1.29 is 39.2 Å². The summed E-state index contributed by atoms with van der Waals surface area (Å²) in [6.45, 7) is 1.36. The molecule has 2 aliphatic rings. The van der Waals surface area contributed by atoms with Crippen molar-refractivity contribution in [2.45, 2.75) is 44.5 Å². The van der Waals surface area contributed by atoms with E-state index in [0.717, 1.165) is 0 Å². The van der Waals surface area contributed by atoms with Crippen LogP contribution in [0, 0.1) is 0 Å². The van der Waals surface area contributed by atoms with E-state index in [2.05, 4.69) is 0 Å². The lowest BCUT2D eigenvalue weighted by Crippen LogP contribution is -2.34. The summed E-state index contributed by atoms with van der Waals surface area (Å²) in [6, 6.07) is 0. The van der Waals surface area contributed by atoms with Crippen LogP contribution in [0.3, 0.4) is 0 Å². The molecule has 0 bridgehead atoms. The number of Topliss-reactive ketones (excluding diaryl/α,β-unsaturated/α-hetero) is 3. The molecule has 0 saturated carbocycles. The van der Waals surface area contributed by atoms with Gasteiger partial charge in [-0.1, -0.05) is 0 Å². The molecule has 3 N–H and O–H groups in total. The number of aliphatic hydroxyl groups excluding tert-OH is 1. The van der Waals surface area contributed by atoms with Gasteiger partial charge in [-0.3, -0.25) is 14.4 Å². The molecule has 0 fully saturated rings. The number of phenols is 2. The van der Waals surface area contributed by atoms with E-state index in [4.69, 9.17) is 9.47 Å². The zero-order valence-corrected chi connectivity index (χ0v) is 13.7. The number of benzene rings is 1. The van der Waals surface area contributed by atoms with E-state index in [1.807, 2.05) is 0 Å². The van der Waals surface area contributed by atoms with Gasteiger partial charge in [-0.05, 0) is 6.92 Å². The molecule has 1 aromatic carbocycles. The largest absolute Gasteiger partial charge is 0.507 e. The Hall–Kier alpha value is -2.45. The second-order valence-electron chi connectivity index (χ2n) is 6.30. The maximum atomic E-state index is 12.5. The molecular formula is C17H18O8. The number of aliphatic hydroxyl groups is 1. The third kappa shape index (κ3) is 2.67. The first-order valence-electron chi connectivity index (χ1n) is 7.82. The lowest BCUT2D eigenvalue weighted by atomic mass is 9.82. The van der Waals surface area contributed by atoms with Gasteiger partial charge >= 0.3 is 0 Å². The Morgan fingerprint density at radius 3 is 2.52 bits per heavy atom. The van der Waals surface area contributed by atoms with Crippen molar-refractivity contribution in [3.8, 4) is 17.2 Å². The first-order chi connectivity index (χ1) is 11.8. The van der Waals surface area contributed by atoms with Crippen LogP contribution in [-0.2, 0) is 9.53 Å². The van der Waals surface area contributed by atoms with Crippen LogP contribution in [-0.4, -0.2) is 52.0 Å². The number of aromatic hydroxyl groups is 2. The molecule has 3 unspecified atom stereocenters. The van der Waals surface area contributed by atoms with Crippen molar-refractivity contribution in [3.05, 3.63) is 16.7 Å². The van der Waals surface area contributed by atoms with Gasteiger partial charge in [-0.2, -0.15) is 0 Å². The number of phenolic OH excluding ortho intramolecular Hbond substituents is 2. The van der Waals surface area contributed by atoms with Gasteiger partial charge in [0.25, 0.3) is 0 Å². The van der Waals surface area contributed by atoms with E-state index in [-0.39, 0.29) is 47.5 Å². The number of fused-ring (bicyclic) bond motifs is 2. The Kier molecular flexibility index (Phi) is 4.26. The zero-order chi connectivity index (χ0) is 18.5. The Morgan fingerprint density at radius 2 is 1.92 bits per heavy atom. The van der Waals surface area contributed by atoms with Gasteiger partial charge in [-0.25, -0.2) is 0 Å². The molecule has 8 nitrogen and oxygen atoms in total. The zero-order valence-electron chi connectivity index (χ0n) is 13.7. The second-order valence-corrected chi connectivity index (χ2v) is 6.30. The minimum atomic E-state index is -1.24. The summed E-state index contributed by atoms with van der Waals surface area (Å²) in [7, 11) is 1.26. The average molecular weight is 350 g/mol. The van der Waals surface area contributed by atoms with Gasteiger partial charge in [0.15, 0.2) is 23.1 Å². The predicted octanol–water partition coefficient (Wildman–Crippen LogP) is 1.05. The molecule has 134 valence electrons. The number of rotatable bonds is 3. The van der Waals surface area contributed by atoms with Gasteiger partial charge in [0.1, 0.15) is 23.7 Å². The van der Waals surface area contributed by atoms with Crippen molar-refractivity contribution in [2.24, 2.45) is 0 Å². The highest BCUT2D eigenvalue weighted by Crippen LogP contribution is 2.52. The number of methoxy groups -OCH3 is 1. The molecule has 3 rings (SSSR count). The minimum absolute atomic E-state index is 0.00135. The Balaban J connectivity index is 2.19. The summed E-state index contributed by atoms with van der Waals surface area (Å²) in [5.41, 5.74) is -0.856. The van der Waals surface area contributed by atoms with E-state index < -0.39 is 41.4 Å². The predicted molar refractivity (Wildman–Crippen MR) is 83.1 cm³/mol. The van der Waals surface area contributed by atoms with Crippen LogP contribution in [0.15, 0.2) is 0 Å². The lowest BCUT2D eigenvalue weighted by molar-refractivity contribution is -0.119. The SMILES string of the molecule is COC1CC(=O)c2c(O)c3c(c(O)c2C1=O)OC(CC(C)=O)CC3O. The summed E-state index contributed by atoms with van der Waals surface area (Å²) in [4.78, 5) is 36.1. The average Bonchev–Trinajstić information content (AvgIpc) is 2.53. The smallest absolute Gasteiger partial charge is 0.196 e. The van der Waals surface area contributed by atoms with E-state index in [1.165, 1.54) is 14.0 Å². The van der Waals surface area contributed by atoms with E-state index in [0.29, 0.717) is 0 Å². The molecule has 0 aromatic heterocycles. The molecule has 3 atom stereocenters. The number of carbonyl (C=O) groups is 3. The number of ketones is 3. The van der Waals surface area contributed by atoms with E-state index in [9.17, 15) is 29.7 Å². The topological polar surface area (TPSA) is 130 Å². The van der Waals surface area contributed by atoms with Gasteiger partial charge in [-0.15, -0.1) is 0 Å². The summed E-state index contributed by atoms with van der Waals surface area (Å²) in [5, 5.41) is 31.3. The monoisotopic (exact) mass is 350 g/mol. The molecule has 0 saturated heterocycles. The lowest BCUT2D eigenvalue weighted by Gasteiger charge is -2.33. The molecule has 25 heavy (non-hydrogen) atoms. The summed E-state index contributed by atoms with van der Waals surface area (Å²) >= 11 is 0. The summed E-state index contributed by atoms with van der Waals surface area (Å²) in [6.07, 6.45) is -3.27. The molecular weight excluding hydrogens is 332 g/mol. The summed E-state index contributed by atoms with van der Waals surface area (Å²) < 4.78 is 10.5. The first-order valence-corrected chi connectivity index (χ1v) is 7.82. The van der Waals surface area contributed by atoms with Crippen molar-refractivity contribution in [2.75, 3.05) is 7.11 Å². The number of carbonyl (C=O) groups excluding carboxylic acids is 3. The quantitative estimate of drug-likeness (QED) is 0.690. The van der Waals surface area contributed by atoms with Gasteiger partial charge < -0.3 is 24.8 Å². The maximum absolute atomic E-state index is 12.5. The normalized spacial score (nSPS) is 25.2. The molecule has 1 aliphatic carbocycles. The van der Waals surface area contributed by atoms with Crippen molar-refractivity contribution in [3.63, 3.8) is 0 Å². The second kappa shape index (κ2) is 6.12. The van der Waals surface area contributed by atoms with E-state index in [1.54, 1.807) is 0 Å². The third-order valence-corrected chi connectivity index (χ3v) is 4.53. The molecule has 1 aliphatic heterocycles. The molecule has 1 heterocycles. The van der Waals surface area contributed by atoms with Gasteiger partial charge in [0, 0.05) is 26.4 Å². The standard InChI is InChI=1S/C17H18O8/c1-6(18)3-7-4-8(19)12-15(22)11-9(20)5-10(24-2)14(21)13(11)16(23)17(12)25-7/h7-8,10,19,22-23H,3-5H2,1-2H3. The molecule has 1 aromatic rings. The van der Waals surface area contributed by atoms with E-state index >= 15 is 0 Å². The van der Waals surface area contributed by atoms with Crippen LogP contribution in [0.1, 0.15) is 58.6 Å². The number of hydrogen-bond acceptors (Lipinski definition) is 8. The van der Waals surface area contributed by atoms with Crippen LogP contribution in [0.4, 0.5) is 0 Å². The number of ether oxygens (including phenoxy) is 2. The maximum Gasteiger partial charge on any atom is 0.196 e. The highest BCUT2D eigenvalue weighted by molar-refractivity contribution is 6.19. The van der Waals surface area contributed by atoms with Gasteiger partial charge in [0.2, 0.25) is 0 Å². The van der Waals surface area contributed by atoms with Crippen LogP contribution in [0.2, 0.25) is 0 Å². The minimum Gasteiger partial charge on any atom is -0.507 e. The Bertz CT molecular complexity index is 782. The third-order valence-electron chi connectivity index (χ3n) is 4.53. The van der Waals surface area contributed by atoms with Crippen molar-refractivity contribution >= 4 is 17.3 Å². The van der Waals surface area contributed by atoms with Crippen molar-refractivity contribution in [1.29, 1.82) is 0 Å². The van der Waals surface area contributed by atoms with Gasteiger partial charge in [0.05, 0.1) is 22.8 Å². The Morgan fingerprint density at radius 1 is 1.24 bits per heavy atom. The van der Waals surface area contributed by atoms with Crippen molar-refractivity contribution in [1.82, 2.24) is 0 Å². The number of hydrogen-bond donors (Lipinski definition) is 3. The highest BCUT2D eigenvalue weighted by atomic mass is 16.5. The van der Waals surface area contributed by atoms with Crippen LogP contribution < -0.4 is 4.74 Å². The van der Waals surface area contributed by atoms with Crippen LogP contribution in [0.25, 0.3) is 0 Å². The first kappa shape index (κ1) is 17.4. The molecule has 0 amide bonds. The Labute approximate surface area is 143 Å². The fourth-order valence-electron chi connectivity index (χ4n) is 3.40. The molecule has 0 spiro atoms. The summed E-state index contributed by atoms with van der Waals surface area (Å²) in [5.74, 6) is -2.89. The molecule has 8 heteroatoms. The molecule has 0 radical (unpaired) electrons. The fourth-order valence-corrected chi connectivity index (χ4v) is 3.40. The van der Waals surface area contributed by atoms with Crippen LogP contribution in [0.5, 0.6) is 17.2 Å².